The van der Waals surface area contributed by atoms with Crippen LogP contribution in [0.2, 0.25) is 0 Å². The number of nitrogens with zero attached hydrogens (tertiary/aromatic N) is 2. The first-order chi connectivity index (χ1) is 9.49. The Bertz CT molecular complexity index is 455. The molecule has 0 aliphatic heterocycles. The molecule has 1 aromatic rings. The molecule has 0 aromatic carbocycles. The molecule has 20 heavy (non-hydrogen) atoms. The molecule has 1 fully saturated rings. The number of hydrogen-bond acceptors (Lipinski definition) is 2. The molecule has 1 aliphatic carbocycles. The first-order valence-corrected chi connectivity index (χ1v) is 8.77. The van der Waals surface area contributed by atoms with E-state index in [-0.39, 0.29) is 5.54 Å². The van der Waals surface area contributed by atoms with Crippen molar-refractivity contribution in [2.75, 3.05) is 0 Å². The van der Waals surface area contributed by atoms with Crippen LogP contribution in [0.25, 0.3) is 0 Å². The Kier molecular flexibility index (Phi) is 5.30. The molecule has 2 unspecified atom stereocenters. The molecule has 2 atom stereocenters. The Morgan fingerprint density at radius 2 is 2.10 bits per heavy atom. The SMILES string of the molecule is CCc1nn(C)c(CC2(N)CCCC(CC)CC2)c1Br. The fourth-order valence-corrected chi connectivity index (χ4v) is 4.19. The third-order valence-corrected chi connectivity index (χ3v) is 5.85. The van der Waals surface area contributed by atoms with Crippen molar-refractivity contribution in [1.29, 1.82) is 0 Å². The topological polar surface area (TPSA) is 43.8 Å². The van der Waals surface area contributed by atoms with E-state index in [1.54, 1.807) is 0 Å². The Labute approximate surface area is 131 Å². The number of aromatic nitrogens is 2. The lowest BCUT2D eigenvalue weighted by atomic mass is 9.86. The maximum Gasteiger partial charge on any atom is 0.0766 e. The molecule has 0 saturated heterocycles. The van der Waals surface area contributed by atoms with Crippen LogP contribution in [0.5, 0.6) is 0 Å². The van der Waals surface area contributed by atoms with Crippen molar-refractivity contribution in [1.82, 2.24) is 9.78 Å². The van der Waals surface area contributed by atoms with Crippen LogP contribution < -0.4 is 5.73 Å². The first kappa shape index (κ1) is 16.0. The summed E-state index contributed by atoms with van der Waals surface area (Å²) in [7, 11) is 2.04. The summed E-state index contributed by atoms with van der Waals surface area (Å²) in [6, 6.07) is 0. The summed E-state index contributed by atoms with van der Waals surface area (Å²) in [4.78, 5) is 0. The highest BCUT2D eigenvalue weighted by Crippen LogP contribution is 2.34. The molecule has 2 rings (SSSR count). The summed E-state index contributed by atoms with van der Waals surface area (Å²) in [6.45, 7) is 4.45. The maximum atomic E-state index is 6.73. The molecule has 1 saturated carbocycles. The van der Waals surface area contributed by atoms with Crippen molar-refractivity contribution in [2.45, 2.75) is 70.8 Å². The summed E-state index contributed by atoms with van der Waals surface area (Å²) in [5.41, 5.74) is 9.09. The van der Waals surface area contributed by atoms with Crippen LogP contribution in [0.4, 0.5) is 0 Å². The van der Waals surface area contributed by atoms with Gasteiger partial charge in [0.2, 0.25) is 0 Å². The molecule has 1 aliphatic rings. The average Bonchev–Trinajstić information content (AvgIpc) is 2.61. The molecule has 1 aromatic heterocycles. The van der Waals surface area contributed by atoms with Crippen molar-refractivity contribution in [3.05, 3.63) is 15.9 Å². The smallest absolute Gasteiger partial charge is 0.0766 e. The third kappa shape index (κ3) is 3.45. The van der Waals surface area contributed by atoms with Crippen molar-refractivity contribution in [2.24, 2.45) is 18.7 Å². The van der Waals surface area contributed by atoms with E-state index >= 15 is 0 Å². The first-order valence-electron chi connectivity index (χ1n) is 7.98. The van der Waals surface area contributed by atoms with Gasteiger partial charge < -0.3 is 5.73 Å². The van der Waals surface area contributed by atoms with E-state index in [1.165, 1.54) is 35.8 Å². The molecule has 114 valence electrons. The zero-order chi connectivity index (χ0) is 14.8. The molecule has 0 spiro atoms. The van der Waals surface area contributed by atoms with Gasteiger partial charge >= 0.3 is 0 Å². The minimum absolute atomic E-state index is 0.0504. The largest absolute Gasteiger partial charge is 0.325 e. The van der Waals surface area contributed by atoms with Crippen LogP contribution in [-0.4, -0.2) is 15.3 Å². The minimum atomic E-state index is -0.0504. The second-order valence-corrected chi connectivity index (χ2v) is 7.22. The summed E-state index contributed by atoms with van der Waals surface area (Å²) >= 11 is 3.72. The standard InChI is InChI=1S/C16H28BrN3/c1-4-12-7-6-9-16(18,10-8-12)11-14-15(17)13(5-2)19-20(14)3/h12H,4-11,18H2,1-3H3. The summed E-state index contributed by atoms with van der Waals surface area (Å²) < 4.78 is 3.18. The predicted molar refractivity (Wildman–Crippen MR) is 87.8 cm³/mol. The zero-order valence-electron chi connectivity index (χ0n) is 13.1. The predicted octanol–water partition coefficient (Wildman–Crippen LogP) is 3.98. The molecular weight excluding hydrogens is 314 g/mol. The van der Waals surface area contributed by atoms with Crippen molar-refractivity contribution >= 4 is 15.9 Å². The lowest BCUT2D eigenvalue weighted by Crippen LogP contribution is -2.42. The van der Waals surface area contributed by atoms with Crippen molar-refractivity contribution in [3.8, 4) is 0 Å². The fraction of sp³-hybridized carbons (Fsp3) is 0.812. The van der Waals surface area contributed by atoms with E-state index in [1.807, 2.05) is 11.7 Å². The molecule has 0 bridgehead atoms. The lowest BCUT2D eigenvalue weighted by molar-refractivity contribution is 0.350. The molecule has 2 N–H and O–H groups in total. The number of rotatable bonds is 4. The molecule has 0 radical (unpaired) electrons. The fourth-order valence-electron chi connectivity index (χ4n) is 3.43. The summed E-state index contributed by atoms with van der Waals surface area (Å²) in [5, 5.41) is 4.59. The molecular formula is C16H28BrN3. The highest BCUT2D eigenvalue weighted by atomic mass is 79.9. The van der Waals surface area contributed by atoms with E-state index in [0.717, 1.165) is 37.3 Å². The van der Waals surface area contributed by atoms with E-state index in [2.05, 4.69) is 34.9 Å². The highest BCUT2D eigenvalue weighted by molar-refractivity contribution is 9.10. The molecule has 0 amide bonds. The Balaban J connectivity index is 2.14. The Hall–Kier alpha value is -0.350. The van der Waals surface area contributed by atoms with Gasteiger partial charge in [-0.1, -0.05) is 33.1 Å². The van der Waals surface area contributed by atoms with Crippen LogP contribution >= 0.6 is 15.9 Å². The van der Waals surface area contributed by atoms with Crippen molar-refractivity contribution < 1.29 is 0 Å². The second kappa shape index (κ2) is 6.61. The Morgan fingerprint density at radius 3 is 2.70 bits per heavy atom. The van der Waals surface area contributed by atoms with Crippen LogP contribution in [0.1, 0.15) is 63.8 Å². The number of halogens is 1. The normalized spacial score (nSPS) is 27.6. The van der Waals surface area contributed by atoms with E-state index in [4.69, 9.17) is 5.73 Å². The summed E-state index contributed by atoms with van der Waals surface area (Å²) in [6.07, 6.45) is 9.38. The monoisotopic (exact) mass is 341 g/mol. The van der Waals surface area contributed by atoms with Gasteiger partial charge in [0.25, 0.3) is 0 Å². The second-order valence-electron chi connectivity index (χ2n) is 6.43. The van der Waals surface area contributed by atoms with Gasteiger partial charge in [0, 0.05) is 19.0 Å². The van der Waals surface area contributed by atoms with Gasteiger partial charge in [-0.3, -0.25) is 4.68 Å². The van der Waals surface area contributed by atoms with Crippen molar-refractivity contribution in [3.63, 3.8) is 0 Å². The quantitative estimate of drug-likeness (QED) is 0.842. The number of nitrogens with two attached hydrogens (primary N) is 1. The maximum absolute atomic E-state index is 6.73. The zero-order valence-corrected chi connectivity index (χ0v) is 14.7. The van der Waals surface area contributed by atoms with Crippen LogP contribution in [-0.2, 0) is 19.9 Å². The number of aryl methyl sites for hydroxylation is 2. The third-order valence-electron chi connectivity index (χ3n) is 4.94. The molecule has 4 heteroatoms. The lowest BCUT2D eigenvalue weighted by Gasteiger charge is -2.28. The minimum Gasteiger partial charge on any atom is -0.325 e. The Morgan fingerprint density at radius 1 is 1.35 bits per heavy atom. The van der Waals surface area contributed by atoms with Crippen LogP contribution in [0.15, 0.2) is 4.47 Å². The molecule has 3 nitrogen and oxygen atoms in total. The van der Waals surface area contributed by atoms with Gasteiger partial charge in [-0.05, 0) is 47.5 Å². The van der Waals surface area contributed by atoms with Crippen LogP contribution in [0.3, 0.4) is 0 Å². The van der Waals surface area contributed by atoms with Gasteiger partial charge in [-0.2, -0.15) is 5.10 Å². The molecule has 1 heterocycles. The summed E-state index contributed by atoms with van der Waals surface area (Å²) in [5.74, 6) is 0.876. The van der Waals surface area contributed by atoms with Gasteiger partial charge in [0.05, 0.1) is 15.9 Å². The van der Waals surface area contributed by atoms with E-state index in [9.17, 15) is 0 Å². The van der Waals surface area contributed by atoms with Crippen LogP contribution in [0, 0.1) is 5.92 Å². The van der Waals surface area contributed by atoms with Gasteiger partial charge in [0.1, 0.15) is 0 Å². The van der Waals surface area contributed by atoms with Gasteiger partial charge in [-0.25, -0.2) is 0 Å². The van der Waals surface area contributed by atoms with Gasteiger partial charge in [-0.15, -0.1) is 0 Å². The van der Waals surface area contributed by atoms with Gasteiger partial charge in [0.15, 0.2) is 0 Å². The van der Waals surface area contributed by atoms with E-state index < -0.39 is 0 Å². The van der Waals surface area contributed by atoms with E-state index in [0.29, 0.717) is 0 Å². The highest BCUT2D eigenvalue weighted by Gasteiger charge is 2.31. The average molecular weight is 342 g/mol. The number of hydrogen-bond donors (Lipinski definition) is 1.